The van der Waals surface area contributed by atoms with Gasteiger partial charge in [0.25, 0.3) is 0 Å². The summed E-state index contributed by atoms with van der Waals surface area (Å²) in [6, 6.07) is 10.2. The van der Waals surface area contributed by atoms with Crippen LogP contribution in [0.1, 0.15) is 35.8 Å². The van der Waals surface area contributed by atoms with Crippen molar-refractivity contribution in [3.05, 3.63) is 76.7 Å². The van der Waals surface area contributed by atoms with Crippen molar-refractivity contribution in [3.8, 4) is 5.75 Å². The summed E-state index contributed by atoms with van der Waals surface area (Å²) < 4.78 is 23.3. The van der Waals surface area contributed by atoms with Gasteiger partial charge in [-0.15, -0.1) is 0 Å². The van der Waals surface area contributed by atoms with Crippen molar-refractivity contribution in [3.63, 3.8) is 0 Å². The van der Waals surface area contributed by atoms with Gasteiger partial charge in [-0.05, 0) is 55.8 Å². The molecular formula is C21H19FN2O5. The maximum Gasteiger partial charge on any atom is 0.343 e. The van der Waals surface area contributed by atoms with E-state index < -0.39 is 29.8 Å². The van der Waals surface area contributed by atoms with E-state index in [-0.39, 0.29) is 17.9 Å². The predicted molar refractivity (Wildman–Crippen MR) is 102 cm³/mol. The second-order valence-corrected chi connectivity index (χ2v) is 6.26. The minimum atomic E-state index is -0.704. The van der Waals surface area contributed by atoms with Gasteiger partial charge >= 0.3 is 18.0 Å². The number of amides is 2. The third kappa shape index (κ3) is 4.60. The van der Waals surface area contributed by atoms with Crippen LogP contribution in [0, 0.1) is 5.82 Å². The molecule has 0 radical (unpaired) electrons. The molecule has 0 saturated carbocycles. The molecule has 1 aliphatic heterocycles. The van der Waals surface area contributed by atoms with Gasteiger partial charge in [-0.1, -0.05) is 12.1 Å². The van der Waals surface area contributed by atoms with Gasteiger partial charge in [-0.2, -0.15) is 0 Å². The number of benzene rings is 2. The Hall–Kier alpha value is -3.68. The zero-order valence-corrected chi connectivity index (χ0v) is 15.8. The monoisotopic (exact) mass is 398 g/mol. The maximum atomic E-state index is 13.0. The Bertz CT molecular complexity index is 968. The molecule has 1 unspecified atom stereocenters. The molecule has 0 bridgehead atoms. The molecule has 2 aromatic carbocycles. The Morgan fingerprint density at radius 1 is 1.03 bits per heavy atom. The lowest BCUT2D eigenvalue weighted by atomic mass is 9.95. The van der Waals surface area contributed by atoms with Gasteiger partial charge in [0.05, 0.1) is 23.8 Å². The van der Waals surface area contributed by atoms with Crippen molar-refractivity contribution in [2.45, 2.75) is 19.9 Å². The Labute approximate surface area is 166 Å². The third-order valence-corrected chi connectivity index (χ3v) is 4.27. The van der Waals surface area contributed by atoms with Crippen LogP contribution in [-0.4, -0.2) is 24.6 Å². The largest absolute Gasteiger partial charge is 0.463 e. The van der Waals surface area contributed by atoms with E-state index in [1.165, 1.54) is 24.3 Å². The Balaban J connectivity index is 1.80. The molecule has 2 aromatic rings. The van der Waals surface area contributed by atoms with Crippen LogP contribution in [-0.2, 0) is 9.53 Å². The minimum absolute atomic E-state index is 0.203. The van der Waals surface area contributed by atoms with E-state index in [9.17, 15) is 18.8 Å². The van der Waals surface area contributed by atoms with Crippen molar-refractivity contribution in [2.75, 3.05) is 6.61 Å². The van der Waals surface area contributed by atoms with Gasteiger partial charge in [0.15, 0.2) is 0 Å². The van der Waals surface area contributed by atoms with Gasteiger partial charge in [0.1, 0.15) is 11.6 Å². The molecule has 2 N–H and O–H groups in total. The summed E-state index contributed by atoms with van der Waals surface area (Å²) in [6.45, 7) is 3.52. The summed E-state index contributed by atoms with van der Waals surface area (Å²) in [6.07, 6.45) is 0. The molecular weight excluding hydrogens is 379 g/mol. The van der Waals surface area contributed by atoms with Gasteiger partial charge in [0, 0.05) is 5.70 Å². The molecule has 150 valence electrons. The summed E-state index contributed by atoms with van der Waals surface area (Å²) in [5.41, 5.74) is 1.53. The lowest BCUT2D eigenvalue weighted by Crippen LogP contribution is -2.45. The molecule has 1 aliphatic rings. The van der Waals surface area contributed by atoms with Crippen molar-refractivity contribution in [1.82, 2.24) is 10.6 Å². The first kappa shape index (κ1) is 20.1. The fraction of sp³-hybridized carbons (Fsp3) is 0.190. The van der Waals surface area contributed by atoms with Crippen LogP contribution in [0.25, 0.3) is 0 Å². The Morgan fingerprint density at radius 3 is 2.31 bits per heavy atom. The van der Waals surface area contributed by atoms with Crippen molar-refractivity contribution in [2.24, 2.45) is 0 Å². The highest BCUT2D eigenvalue weighted by atomic mass is 19.1. The smallest absolute Gasteiger partial charge is 0.343 e. The van der Waals surface area contributed by atoms with Crippen LogP contribution < -0.4 is 15.4 Å². The van der Waals surface area contributed by atoms with Crippen molar-refractivity contribution >= 4 is 18.0 Å². The van der Waals surface area contributed by atoms with Gasteiger partial charge in [-0.25, -0.2) is 18.8 Å². The number of allylic oxidation sites excluding steroid dienone is 1. The zero-order valence-electron chi connectivity index (χ0n) is 15.8. The normalized spacial score (nSPS) is 16.0. The van der Waals surface area contributed by atoms with Crippen LogP contribution in [0.2, 0.25) is 0 Å². The van der Waals surface area contributed by atoms with Crippen LogP contribution in [0.15, 0.2) is 59.8 Å². The highest BCUT2D eigenvalue weighted by Gasteiger charge is 2.32. The van der Waals surface area contributed by atoms with Crippen LogP contribution >= 0.6 is 0 Å². The molecule has 8 heteroatoms. The lowest BCUT2D eigenvalue weighted by Gasteiger charge is -2.28. The topological polar surface area (TPSA) is 93.7 Å². The van der Waals surface area contributed by atoms with Gasteiger partial charge in [-0.3, -0.25) is 0 Å². The molecule has 0 saturated heterocycles. The standard InChI is InChI=1S/C21H19FN2O5/c1-3-28-20(26)17-12(2)23-21(27)24-18(17)13-6-10-16(11-7-13)29-19(25)14-4-8-15(22)9-5-14/h4-11,18H,3H2,1-2H3,(H2,23,24,27). The molecule has 29 heavy (non-hydrogen) atoms. The number of halogens is 1. The second kappa shape index (κ2) is 8.55. The first-order chi connectivity index (χ1) is 13.9. The van der Waals surface area contributed by atoms with E-state index in [2.05, 4.69) is 10.6 Å². The molecule has 0 aliphatic carbocycles. The van der Waals surface area contributed by atoms with Crippen LogP contribution in [0.4, 0.5) is 9.18 Å². The third-order valence-electron chi connectivity index (χ3n) is 4.27. The first-order valence-corrected chi connectivity index (χ1v) is 8.92. The number of nitrogens with one attached hydrogen (secondary N) is 2. The molecule has 2 amide bonds. The number of ether oxygens (including phenoxy) is 2. The molecule has 3 rings (SSSR count). The zero-order chi connectivity index (χ0) is 21.0. The highest BCUT2D eigenvalue weighted by Crippen LogP contribution is 2.29. The molecule has 0 spiro atoms. The molecule has 0 aromatic heterocycles. The van der Waals surface area contributed by atoms with Gasteiger partial charge in [0.2, 0.25) is 0 Å². The number of hydrogen-bond acceptors (Lipinski definition) is 5. The van der Waals surface area contributed by atoms with E-state index in [1.54, 1.807) is 38.1 Å². The average molecular weight is 398 g/mol. The summed E-state index contributed by atoms with van der Waals surface area (Å²) in [5, 5.41) is 5.25. The summed E-state index contributed by atoms with van der Waals surface area (Å²) >= 11 is 0. The first-order valence-electron chi connectivity index (χ1n) is 8.92. The molecule has 1 heterocycles. The number of rotatable bonds is 5. The molecule has 7 nitrogen and oxygen atoms in total. The Kier molecular flexibility index (Phi) is 5.92. The van der Waals surface area contributed by atoms with Crippen molar-refractivity contribution in [1.29, 1.82) is 0 Å². The van der Waals surface area contributed by atoms with Crippen LogP contribution in [0.5, 0.6) is 5.75 Å². The lowest BCUT2D eigenvalue weighted by molar-refractivity contribution is -0.139. The summed E-state index contributed by atoms with van der Waals surface area (Å²) in [7, 11) is 0. The maximum absolute atomic E-state index is 13.0. The second-order valence-electron chi connectivity index (χ2n) is 6.26. The number of esters is 2. The van der Waals surface area contributed by atoms with E-state index in [0.717, 1.165) is 0 Å². The average Bonchev–Trinajstić information content (AvgIpc) is 2.68. The summed E-state index contributed by atoms with van der Waals surface area (Å²) in [5.74, 6) is -1.34. The van der Waals surface area contributed by atoms with Gasteiger partial charge < -0.3 is 20.1 Å². The number of carbonyl (C=O) groups excluding carboxylic acids is 3. The van der Waals surface area contributed by atoms with E-state index in [4.69, 9.17) is 9.47 Å². The fourth-order valence-electron chi connectivity index (χ4n) is 2.90. The predicted octanol–water partition coefficient (Wildman–Crippen LogP) is 3.24. The quantitative estimate of drug-likeness (QED) is 0.596. The number of carbonyl (C=O) groups is 3. The fourth-order valence-corrected chi connectivity index (χ4v) is 2.90. The molecule has 1 atom stereocenters. The summed E-state index contributed by atoms with van der Waals surface area (Å²) in [4.78, 5) is 36.3. The van der Waals surface area contributed by atoms with Crippen LogP contribution in [0.3, 0.4) is 0 Å². The number of urea groups is 1. The SMILES string of the molecule is CCOC(=O)C1=C(C)NC(=O)NC1c1ccc(OC(=O)c2ccc(F)cc2)cc1. The van der Waals surface area contributed by atoms with E-state index >= 15 is 0 Å². The number of hydrogen-bond donors (Lipinski definition) is 2. The minimum Gasteiger partial charge on any atom is -0.463 e. The highest BCUT2D eigenvalue weighted by molar-refractivity contribution is 5.95. The Morgan fingerprint density at radius 2 is 1.69 bits per heavy atom. The van der Waals surface area contributed by atoms with Crippen molar-refractivity contribution < 1.29 is 28.2 Å². The van der Waals surface area contributed by atoms with E-state index in [0.29, 0.717) is 16.8 Å². The van der Waals surface area contributed by atoms with E-state index in [1.807, 2.05) is 0 Å². The molecule has 0 fully saturated rings.